The molecule has 0 unspecified atom stereocenters. The standard InChI is InChI=1S/C29H34N2O6/c1-7-37-28(33)25-23(17-13-21(34-4)26(36-6)22(14-17)35-5)24-19(15-29(2,3)16-20(24)32)31(27(25)30)18-11-9-8-10-12-18/h8-14,23H,7,15-16,30H2,1-6H3/t23-/m1/s1. The number of ketones is 1. The Morgan fingerprint density at radius 2 is 1.65 bits per heavy atom. The van der Waals surface area contributed by atoms with E-state index in [2.05, 4.69) is 13.8 Å². The molecule has 8 heteroatoms. The lowest BCUT2D eigenvalue weighted by molar-refractivity contribution is -0.138. The van der Waals surface area contributed by atoms with Gasteiger partial charge in [-0.25, -0.2) is 4.79 Å². The molecule has 2 aliphatic rings. The number of benzene rings is 2. The molecule has 37 heavy (non-hydrogen) atoms. The Balaban J connectivity index is 2.07. The van der Waals surface area contributed by atoms with E-state index in [4.69, 9.17) is 24.7 Å². The van der Waals surface area contributed by atoms with Crippen molar-refractivity contribution in [1.29, 1.82) is 0 Å². The summed E-state index contributed by atoms with van der Waals surface area (Å²) < 4.78 is 22.1. The molecule has 2 aromatic rings. The molecule has 0 fully saturated rings. The topological polar surface area (TPSA) is 100 Å². The number of esters is 1. The van der Waals surface area contributed by atoms with Crippen molar-refractivity contribution < 1.29 is 28.5 Å². The number of hydrogen-bond acceptors (Lipinski definition) is 8. The molecule has 8 nitrogen and oxygen atoms in total. The van der Waals surface area contributed by atoms with Crippen LogP contribution in [-0.4, -0.2) is 39.7 Å². The summed E-state index contributed by atoms with van der Waals surface area (Å²) >= 11 is 0. The molecule has 1 atom stereocenters. The number of carbonyl (C=O) groups excluding carboxylic acids is 2. The number of rotatable bonds is 7. The summed E-state index contributed by atoms with van der Waals surface area (Å²) in [5.41, 5.74) is 9.42. The Morgan fingerprint density at radius 3 is 2.19 bits per heavy atom. The summed E-state index contributed by atoms with van der Waals surface area (Å²) in [6, 6.07) is 13.0. The van der Waals surface area contributed by atoms with E-state index in [1.54, 1.807) is 19.1 Å². The van der Waals surface area contributed by atoms with Gasteiger partial charge in [0.1, 0.15) is 5.82 Å². The largest absolute Gasteiger partial charge is 0.493 e. The first-order chi connectivity index (χ1) is 17.7. The van der Waals surface area contributed by atoms with Crippen LogP contribution in [0.3, 0.4) is 0 Å². The van der Waals surface area contributed by atoms with Gasteiger partial charge in [0, 0.05) is 23.4 Å². The SMILES string of the molecule is CCOC(=O)C1=C(N)N(c2ccccc2)C2=C(C(=O)CC(C)(C)C2)[C@H]1c1cc(OC)c(OC)c(OC)c1. The van der Waals surface area contributed by atoms with E-state index in [1.165, 1.54) is 21.3 Å². The van der Waals surface area contributed by atoms with E-state index in [-0.39, 0.29) is 29.2 Å². The quantitative estimate of drug-likeness (QED) is 0.540. The van der Waals surface area contributed by atoms with Crippen molar-refractivity contribution in [3.8, 4) is 17.2 Å². The third-order valence-electron chi connectivity index (χ3n) is 6.79. The van der Waals surface area contributed by atoms with Gasteiger partial charge in [-0.15, -0.1) is 0 Å². The van der Waals surface area contributed by atoms with Gasteiger partial charge in [0.25, 0.3) is 0 Å². The predicted molar refractivity (Wildman–Crippen MR) is 141 cm³/mol. The summed E-state index contributed by atoms with van der Waals surface area (Å²) in [5, 5.41) is 0. The minimum atomic E-state index is -0.772. The van der Waals surface area contributed by atoms with E-state index in [9.17, 15) is 9.59 Å². The summed E-state index contributed by atoms with van der Waals surface area (Å²) in [4.78, 5) is 29.2. The molecule has 4 rings (SSSR count). The highest BCUT2D eigenvalue weighted by Crippen LogP contribution is 2.52. The Labute approximate surface area is 217 Å². The number of ether oxygens (including phenoxy) is 4. The van der Waals surface area contributed by atoms with Crippen LogP contribution in [0.2, 0.25) is 0 Å². The maximum atomic E-state index is 13.9. The van der Waals surface area contributed by atoms with Crippen molar-refractivity contribution in [2.75, 3.05) is 32.8 Å². The molecule has 1 aliphatic heterocycles. The highest BCUT2D eigenvalue weighted by atomic mass is 16.5. The van der Waals surface area contributed by atoms with Gasteiger partial charge in [0.2, 0.25) is 5.75 Å². The minimum absolute atomic E-state index is 0.0415. The van der Waals surface area contributed by atoms with Crippen molar-refractivity contribution in [3.05, 3.63) is 70.7 Å². The second kappa shape index (κ2) is 10.2. The highest BCUT2D eigenvalue weighted by molar-refractivity contribution is 6.05. The number of anilines is 1. The van der Waals surface area contributed by atoms with Gasteiger partial charge in [0.15, 0.2) is 17.3 Å². The number of para-hydroxylation sites is 1. The maximum Gasteiger partial charge on any atom is 0.338 e. The fraction of sp³-hybridized carbons (Fsp3) is 0.379. The van der Waals surface area contributed by atoms with E-state index >= 15 is 0 Å². The monoisotopic (exact) mass is 506 g/mol. The maximum absolute atomic E-state index is 13.9. The van der Waals surface area contributed by atoms with E-state index < -0.39 is 11.9 Å². The van der Waals surface area contributed by atoms with Gasteiger partial charge in [-0.2, -0.15) is 0 Å². The Bertz CT molecular complexity index is 1250. The van der Waals surface area contributed by atoms with Crippen molar-refractivity contribution in [1.82, 2.24) is 0 Å². The number of nitrogens with two attached hydrogens (primary N) is 1. The molecule has 0 saturated carbocycles. The van der Waals surface area contributed by atoms with E-state index in [0.717, 1.165) is 11.4 Å². The van der Waals surface area contributed by atoms with Crippen LogP contribution in [0.5, 0.6) is 17.2 Å². The van der Waals surface area contributed by atoms with Gasteiger partial charge >= 0.3 is 5.97 Å². The van der Waals surface area contributed by atoms with Crippen LogP contribution >= 0.6 is 0 Å². The lowest BCUT2D eigenvalue weighted by atomic mass is 9.68. The number of methoxy groups -OCH3 is 3. The molecular weight excluding hydrogens is 472 g/mol. The first-order valence-electron chi connectivity index (χ1n) is 12.3. The molecule has 0 radical (unpaired) electrons. The van der Waals surface area contributed by atoms with Crippen LogP contribution in [0, 0.1) is 5.41 Å². The Morgan fingerprint density at radius 1 is 1.03 bits per heavy atom. The predicted octanol–water partition coefficient (Wildman–Crippen LogP) is 4.69. The average Bonchev–Trinajstić information content (AvgIpc) is 2.86. The van der Waals surface area contributed by atoms with Crippen molar-refractivity contribution in [2.24, 2.45) is 11.1 Å². The summed E-state index contributed by atoms with van der Waals surface area (Å²) in [7, 11) is 4.57. The van der Waals surface area contributed by atoms with Gasteiger partial charge in [-0.3, -0.25) is 9.69 Å². The molecule has 1 heterocycles. The lowest BCUT2D eigenvalue weighted by Crippen LogP contribution is -2.43. The van der Waals surface area contributed by atoms with Crippen LogP contribution in [0.15, 0.2) is 65.1 Å². The number of hydrogen-bond donors (Lipinski definition) is 1. The van der Waals surface area contributed by atoms with Gasteiger partial charge in [-0.05, 0) is 48.6 Å². The van der Waals surface area contributed by atoms with E-state index in [1.807, 2.05) is 35.2 Å². The van der Waals surface area contributed by atoms with Crippen molar-refractivity contribution in [3.63, 3.8) is 0 Å². The highest BCUT2D eigenvalue weighted by Gasteiger charge is 2.47. The summed E-state index contributed by atoms with van der Waals surface area (Å²) in [5.74, 6) is 0.0724. The van der Waals surface area contributed by atoms with Gasteiger partial charge in [-0.1, -0.05) is 32.0 Å². The minimum Gasteiger partial charge on any atom is -0.493 e. The number of Topliss-reactive ketones (excluding diaryl/α,β-unsaturated/α-hetero) is 1. The van der Waals surface area contributed by atoms with Crippen LogP contribution in [0.1, 0.15) is 45.1 Å². The Kier molecular flexibility index (Phi) is 7.21. The lowest BCUT2D eigenvalue weighted by Gasteiger charge is -2.44. The van der Waals surface area contributed by atoms with Crippen LogP contribution in [-0.2, 0) is 14.3 Å². The summed E-state index contributed by atoms with van der Waals surface area (Å²) in [6.45, 7) is 6.02. The first kappa shape index (κ1) is 26.1. The van der Waals surface area contributed by atoms with Crippen LogP contribution < -0.4 is 24.8 Å². The molecule has 196 valence electrons. The van der Waals surface area contributed by atoms with Crippen molar-refractivity contribution >= 4 is 17.4 Å². The van der Waals surface area contributed by atoms with Crippen LogP contribution in [0.25, 0.3) is 0 Å². The molecule has 0 bridgehead atoms. The fourth-order valence-corrected chi connectivity index (χ4v) is 5.29. The van der Waals surface area contributed by atoms with Gasteiger partial charge in [0.05, 0.1) is 39.4 Å². The zero-order valence-corrected chi connectivity index (χ0v) is 22.2. The second-order valence-corrected chi connectivity index (χ2v) is 9.88. The number of allylic oxidation sites excluding steroid dienone is 2. The Hall–Kier alpha value is -3.94. The second-order valence-electron chi connectivity index (χ2n) is 9.88. The van der Waals surface area contributed by atoms with Crippen molar-refractivity contribution in [2.45, 2.75) is 39.5 Å². The molecule has 2 aromatic carbocycles. The molecule has 1 aliphatic carbocycles. The van der Waals surface area contributed by atoms with Crippen LogP contribution in [0.4, 0.5) is 5.69 Å². The molecule has 0 aromatic heterocycles. The number of nitrogens with zero attached hydrogens (tertiary/aromatic N) is 1. The molecule has 0 saturated heterocycles. The smallest absolute Gasteiger partial charge is 0.338 e. The average molecular weight is 507 g/mol. The van der Waals surface area contributed by atoms with E-state index in [0.29, 0.717) is 41.2 Å². The molecule has 0 amide bonds. The zero-order valence-electron chi connectivity index (χ0n) is 22.2. The van der Waals surface area contributed by atoms with Gasteiger partial charge < -0.3 is 24.7 Å². The zero-order chi connectivity index (χ0) is 26.9. The molecule has 2 N–H and O–H groups in total. The normalized spacial score (nSPS) is 18.9. The first-order valence-corrected chi connectivity index (χ1v) is 12.3. The summed E-state index contributed by atoms with van der Waals surface area (Å²) in [6.07, 6.45) is 0.937. The third kappa shape index (κ3) is 4.63. The third-order valence-corrected chi connectivity index (χ3v) is 6.79. The molecular formula is C29H34N2O6. The number of carbonyl (C=O) groups is 2. The molecule has 0 spiro atoms. The fourth-order valence-electron chi connectivity index (χ4n) is 5.29.